The third kappa shape index (κ3) is 3.69. The second-order valence-corrected chi connectivity index (χ2v) is 7.22. The fourth-order valence-corrected chi connectivity index (χ4v) is 3.93. The van der Waals surface area contributed by atoms with Gasteiger partial charge in [0.25, 0.3) is 0 Å². The van der Waals surface area contributed by atoms with Crippen molar-refractivity contribution in [2.24, 2.45) is 0 Å². The number of hydrogen-bond acceptors (Lipinski definition) is 6. The van der Waals surface area contributed by atoms with Crippen LogP contribution in [0, 0.1) is 6.92 Å². The maximum atomic E-state index is 12.2. The molecule has 1 aliphatic rings. The average molecular weight is 335 g/mol. The van der Waals surface area contributed by atoms with Crippen molar-refractivity contribution in [3.05, 3.63) is 23.8 Å². The second-order valence-electron chi connectivity index (χ2n) is 6.19. The minimum atomic E-state index is -1.09. The first kappa shape index (κ1) is 16.3. The van der Waals surface area contributed by atoms with Crippen LogP contribution >= 0.6 is 11.3 Å². The average Bonchev–Trinajstić information content (AvgIpc) is 2.91. The van der Waals surface area contributed by atoms with E-state index in [0.717, 1.165) is 28.7 Å². The standard InChI is InChI=1S/C16H21N3O3S/c1-11-4-2-5-12-14(11)18-15(23-12)17-13(21)8-19-7-3-6-16(22,9-19)10-20/h2,4-5,20,22H,3,6-10H2,1H3,(H,17,18,21)/t16-/m1/s1. The van der Waals surface area contributed by atoms with E-state index in [2.05, 4.69) is 10.3 Å². The van der Waals surface area contributed by atoms with E-state index in [1.165, 1.54) is 11.3 Å². The largest absolute Gasteiger partial charge is 0.393 e. The van der Waals surface area contributed by atoms with Crippen LogP contribution < -0.4 is 5.32 Å². The van der Waals surface area contributed by atoms with Crippen molar-refractivity contribution in [1.82, 2.24) is 9.88 Å². The summed E-state index contributed by atoms with van der Waals surface area (Å²) in [4.78, 5) is 18.5. The Bertz CT molecular complexity index is 718. The number of amides is 1. The maximum absolute atomic E-state index is 12.2. The number of fused-ring (bicyclic) bond motifs is 1. The third-order valence-electron chi connectivity index (χ3n) is 4.16. The van der Waals surface area contributed by atoms with Crippen LogP contribution in [0.2, 0.25) is 0 Å². The van der Waals surface area contributed by atoms with Gasteiger partial charge in [-0.3, -0.25) is 9.69 Å². The topological polar surface area (TPSA) is 85.7 Å². The molecule has 3 N–H and O–H groups in total. The first-order valence-corrected chi connectivity index (χ1v) is 8.52. The molecule has 2 heterocycles. The monoisotopic (exact) mass is 335 g/mol. The number of nitrogens with zero attached hydrogens (tertiary/aromatic N) is 2. The number of hydrogen-bond donors (Lipinski definition) is 3. The lowest BCUT2D eigenvalue weighted by atomic mass is 9.94. The SMILES string of the molecule is Cc1cccc2sc(NC(=O)CN3CCC[C@](O)(CO)C3)nc12. The van der Waals surface area contributed by atoms with Gasteiger partial charge in [-0.2, -0.15) is 0 Å². The van der Waals surface area contributed by atoms with E-state index in [1.54, 1.807) is 0 Å². The molecule has 0 radical (unpaired) electrons. The van der Waals surface area contributed by atoms with Gasteiger partial charge < -0.3 is 15.5 Å². The van der Waals surface area contributed by atoms with E-state index in [-0.39, 0.29) is 19.1 Å². The molecular weight excluding hydrogens is 314 g/mol. The first-order valence-electron chi connectivity index (χ1n) is 7.71. The van der Waals surface area contributed by atoms with Gasteiger partial charge in [0.1, 0.15) is 5.60 Å². The minimum absolute atomic E-state index is 0.149. The van der Waals surface area contributed by atoms with Crippen molar-refractivity contribution >= 4 is 32.6 Å². The fraction of sp³-hybridized carbons (Fsp3) is 0.500. The van der Waals surface area contributed by atoms with Crippen molar-refractivity contribution < 1.29 is 15.0 Å². The normalized spacial score (nSPS) is 22.4. The third-order valence-corrected chi connectivity index (χ3v) is 5.10. The van der Waals surface area contributed by atoms with E-state index >= 15 is 0 Å². The van der Waals surface area contributed by atoms with Crippen molar-refractivity contribution in [2.75, 3.05) is 31.6 Å². The molecule has 0 bridgehead atoms. The van der Waals surface area contributed by atoms with Gasteiger partial charge in [-0.25, -0.2) is 4.98 Å². The van der Waals surface area contributed by atoms with Crippen LogP contribution in [-0.2, 0) is 4.79 Å². The molecule has 7 heteroatoms. The smallest absolute Gasteiger partial charge is 0.240 e. The van der Waals surface area contributed by atoms with Gasteiger partial charge in [-0.1, -0.05) is 23.5 Å². The molecule has 1 saturated heterocycles. The van der Waals surface area contributed by atoms with Crippen LogP contribution in [0.4, 0.5) is 5.13 Å². The molecule has 1 atom stereocenters. The maximum Gasteiger partial charge on any atom is 0.240 e. The van der Waals surface area contributed by atoms with Crippen molar-refractivity contribution in [3.8, 4) is 0 Å². The Labute approximate surface area is 138 Å². The summed E-state index contributed by atoms with van der Waals surface area (Å²) in [6.45, 7) is 2.97. The summed E-state index contributed by atoms with van der Waals surface area (Å²) in [5.74, 6) is -0.149. The highest BCUT2D eigenvalue weighted by Gasteiger charge is 2.33. The molecular formula is C16H21N3O3S. The summed E-state index contributed by atoms with van der Waals surface area (Å²) in [5.41, 5.74) is 0.912. The number of para-hydroxylation sites is 1. The molecule has 1 aliphatic heterocycles. The van der Waals surface area contributed by atoms with Gasteiger partial charge in [-0.05, 0) is 37.9 Å². The van der Waals surface area contributed by atoms with Gasteiger partial charge in [0.15, 0.2) is 5.13 Å². The number of aliphatic hydroxyl groups excluding tert-OH is 1. The number of rotatable bonds is 4. The van der Waals surface area contributed by atoms with Crippen LogP contribution in [0.3, 0.4) is 0 Å². The Hall–Kier alpha value is -1.54. The highest BCUT2D eigenvalue weighted by Crippen LogP contribution is 2.28. The lowest BCUT2D eigenvalue weighted by Crippen LogP contribution is -2.52. The van der Waals surface area contributed by atoms with Gasteiger partial charge in [0, 0.05) is 6.54 Å². The van der Waals surface area contributed by atoms with Crippen molar-refractivity contribution in [1.29, 1.82) is 0 Å². The molecule has 124 valence electrons. The molecule has 1 aromatic carbocycles. The molecule has 0 spiro atoms. The van der Waals surface area contributed by atoms with Gasteiger partial charge >= 0.3 is 0 Å². The van der Waals surface area contributed by atoms with Crippen molar-refractivity contribution in [3.63, 3.8) is 0 Å². The molecule has 1 amide bonds. The lowest BCUT2D eigenvalue weighted by molar-refractivity contribution is -0.120. The van der Waals surface area contributed by atoms with Gasteiger partial charge in [0.2, 0.25) is 5.91 Å². The quantitative estimate of drug-likeness (QED) is 0.785. The number of anilines is 1. The molecule has 1 fully saturated rings. The van der Waals surface area contributed by atoms with E-state index in [0.29, 0.717) is 18.1 Å². The Kier molecular flexibility index (Phi) is 4.63. The van der Waals surface area contributed by atoms with E-state index in [9.17, 15) is 15.0 Å². The summed E-state index contributed by atoms with van der Waals surface area (Å²) in [6, 6.07) is 5.96. The number of carbonyl (C=O) groups is 1. The molecule has 0 aliphatic carbocycles. The zero-order valence-electron chi connectivity index (χ0n) is 13.1. The fourth-order valence-electron chi connectivity index (χ4n) is 2.97. The Morgan fingerprint density at radius 2 is 2.35 bits per heavy atom. The highest BCUT2D eigenvalue weighted by molar-refractivity contribution is 7.22. The molecule has 0 saturated carbocycles. The Balaban J connectivity index is 1.63. The predicted octanol–water partition coefficient (Wildman–Crippen LogP) is 1.36. The van der Waals surface area contributed by atoms with Crippen LogP contribution in [0.5, 0.6) is 0 Å². The number of piperidine rings is 1. The van der Waals surface area contributed by atoms with Crippen LogP contribution in [-0.4, -0.2) is 57.8 Å². The van der Waals surface area contributed by atoms with E-state index < -0.39 is 5.60 Å². The van der Waals surface area contributed by atoms with Crippen LogP contribution in [0.15, 0.2) is 18.2 Å². The highest BCUT2D eigenvalue weighted by atomic mass is 32.1. The molecule has 2 aromatic rings. The van der Waals surface area contributed by atoms with E-state index in [4.69, 9.17) is 0 Å². The number of aliphatic hydroxyl groups is 2. The summed E-state index contributed by atoms with van der Waals surface area (Å²) in [6.07, 6.45) is 1.34. The first-order chi connectivity index (χ1) is 11.0. The van der Waals surface area contributed by atoms with E-state index in [1.807, 2.05) is 30.0 Å². The zero-order valence-corrected chi connectivity index (χ0v) is 13.9. The summed E-state index contributed by atoms with van der Waals surface area (Å²) >= 11 is 1.46. The minimum Gasteiger partial charge on any atom is -0.393 e. The number of carbonyl (C=O) groups excluding carboxylic acids is 1. The predicted molar refractivity (Wildman–Crippen MR) is 90.7 cm³/mol. The van der Waals surface area contributed by atoms with Crippen LogP contribution in [0.25, 0.3) is 10.2 Å². The number of β-amino-alcohol motifs (C(OH)–C–C–N with tert-alkyl or cyclic N) is 1. The van der Waals surface area contributed by atoms with Gasteiger partial charge in [-0.15, -0.1) is 0 Å². The number of nitrogens with one attached hydrogen (secondary N) is 1. The number of aryl methyl sites for hydroxylation is 1. The van der Waals surface area contributed by atoms with Gasteiger partial charge in [0.05, 0.1) is 23.4 Å². The Morgan fingerprint density at radius 3 is 3.09 bits per heavy atom. The summed E-state index contributed by atoms with van der Waals surface area (Å²) in [5, 5.41) is 22.8. The molecule has 1 aromatic heterocycles. The van der Waals surface area contributed by atoms with Crippen LogP contribution in [0.1, 0.15) is 18.4 Å². The number of likely N-dealkylation sites (tertiary alicyclic amines) is 1. The molecule has 3 rings (SSSR count). The number of benzene rings is 1. The summed E-state index contributed by atoms with van der Waals surface area (Å²) in [7, 11) is 0. The molecule has 23 heavy (non-hydrogen) atoms. The second kappa shape index (κ2) is 6.52. The zero-order chi connectivity index (χ0) is 16.4. The van der Waals surface area contributed by atoms with Crippen molar-refractivity contribution in [2.45, 2.75) is 25.4 Å². The molecule has 6 nitrogen and oxygen atoms in total. The lowest BCUT2D eigenvalue weighted by Gasteiger charge is -2.37. The number of aromatic nitrogens is 1. The summed E-state index contributed by atoms with van der Waals surface area (Å²) < 4.78 is 1.05. The molecule has 0 unspecified atom stereocenters. The Morgan fingerprint density at radius 1 is 1.52 bits per heavy atom. The number of thiazole rings is 1.